The number of nitrogens with one attached hydrogen (secondary N) is 1. The van der Waals surface area contributed by atoms with Gasteiger partial charge in [-0.05, 0) is 37.2 Å². The summed E-state index contributed by atoms with van der Waals surface area (Å²) in [6.45, 7) is 0. The summed E-state index contributed by atoms with van der Waals surface area (Å²) in [4.78, 5) is 0. The zero-order valence-electron chi connectivity index (χ0n) is 11.3. The normalized spacial score (nSPS) is 21.1. The molecule has 1 aromatic carbocycles. The van der Waals surface area contributed by atoms with Crippen LogP contribution in [0.5, 0.6) is 5.75 Å². The van der Waals surface area contributed by atoms with Crippen molar-refractivity contribution in [1.82, 2.24) is 5.32 Å². The van der Waals surface area contributed by atoms with Gasteiger partial charge in [-0.3, -0.25) is 0 Å². The summed E-state index contributed by atoms with van der Waals surface area (Å²) in [6, 6.07) is 6.72. The maximum Gasteiger partial charge on any atom is 0.119 e. The molecule has 1 aliphatic rings. The number of likely N-dealkylation sites (N-methyl/N-ethyl adjacent to an activating group) is 1. The van der Waals surface area contributed by atoms with E-state index in [4.69, 9.17) is 4.74 Å². The van der Waals surface area contributed by atoms with Crippen LogP contribution in [-0.4, -0.2) is 42.7 Å². The largest absolute Gasteiger partial charge is 0.497 e. The van der Waals surface area contributed by atoms with E-state index in [9.17, 15) is 0 Å². The van der Waals surface area contributed by atoms with Crippen LogP contribution in [0.25, 0.3) is 0 Å². The monoisotopic (exact) mass is 361 g/mol. The molecule has 1 heterocycles. The zero-order valence-corrected chi connectivity index (χ0v) is 14.5. The van der Waals surface area contributed by atoms with E-state index in [-0.39, 0.29) is 0 Å². The molecule has 0 bridgehead atoms. The van der Waals surface area contributed by atoms with Crippen LogP contribution < -0.4 is 10.1 Å². The van der Waals surface area contributed by atoms with Crippen LogP contribution in [0.4, 0.5) is 0 Å². The number of thioether (sulfide) groups is 2. The molecule has 5 heteroatoms. The third kappa shape index (κ3) is 4.31. The van der Waals surface area contributed by atoms with Crippen molar-refractivity contribution in [3.05, 3.63) is 28.2 Å². The second kappa shape index (κ2) is 7.81. The second-order valence-electron chi connectivity index (χ2n) is 4.54. The van der Waals surface area contributed by atoms with E-state index in [0.717, 1.165) is 12.2 Å². The fraction of sp³-hybridized carbons (Fsp3) is 0.571. The number of hydrogen-bond donors (Lipinski definition) is 1. The Balaban J connectivity index is 2.08. The van der Waals surface area contributed by atoms with Gasteiger partial charge in [0.15, 0.2) is 0 Å². The summed E-state index contributed by atoms with van der Waals surface area (Å²) in [7, 11) is 3.79. The first-order valence-corrected chi connectivity index (χ1v) is 9.43. The Morgan fingerprint density at radius 1 is 1.47 bits per heavy atom. The highest BCUT2D eigenvalue weighted by molar-refractivity contribution is 9.10. The molecule has 0 radical (unpaired) electrons. The minimum atomic E-state index is 0.515. The van der Waals surface area contributed by atoms with E-state index in [2.05, 4.69) is 64.0 Å². The smallest absolute Gasteiger partial charge is 0.119 e. The number of halogens is 1. The molecule has 2 atom stereocenters. The summed E-state index contributed by atoms with van der Waals surface area (Å²) >= 11 is 7.82. The van der Waals surface area contributed by atoms with Gasteiger partial charge < -0.3 is 10.1 Å². The fourth-order valence-electron chi connectivity index (χ4n) is 2.23. The Bertz CT molecular complexity index is 410. The number of methoxy groups -OCH3 is 1. The van der Waals surface area contributed by atoms with Gasteiger partial charge in [-0.25, -0.2) is 0 Å². The molecule has 2 rings (SSSR count). The minimum Gasteiger partial charge on any atom is -0.497 e. The maximum atomic E-state index is 5.32. The SMILES string of the molecule is CNC(Cc1cc(OC)ccc1Br)C1CSCCS1. The Hall–Kier alpha value is 0.160. The zero-order chi connectivity index (χ0) is 13.7. The topological polar surface area (TPSA) is 21.3 Å². The minimum absolute atomic E-state index is 0.515. The summed E-state index contributed by atoms with van der Waals surface area (Å²) in [6.07, 6.45) is 1.03. The molecule has 1 aromatic rings. The molecule has 1 saturated heterocycles. The molecule has 2 nitrogen and oxygen atoms in total. The highest BCUT2D eigenvalue weighted by Gasteiger charge is 2.24. The van der Waals surface area contributed by atoms with Crippen molar-refractivity contribution in [2.45, 2.75) is 17.7 Å². The lowest BCUT2D eigenvalue weighted by Gasteiger charge is -2.29. The molecular weight excluding hydrogens is 342 g/mol. The second-order valence-corrected chi connectivity index (χ2v) is 7.89. The first-order chi connectivity index (χ1) is 9.24. The molecule has 0 aromatic heterocycles. The quantitative estimate of drug-likeness (QED) is 0.866. The van der Waals surface area contributed by atoms with Crippen LogP contribution in [0.2, 0.25) is 0 Å². The van der Waals surface area contributed by atoms with Crippen molar-refractivity contribution in [3.8, 4) is 5.75 Å². The standard InChI is InChI=1S/C14H20BrNOS2/c1-16-13(14-9-18-5-6-19-14)8-10-7-11(17-2)3-4-12(10)15/h3-4,7,13-14,16H,5-6,8-9H2,1-2H3. The van der Waals surface area contributed by atoms with Crippen molar-refractivity contribution in [1.29, 1.82) is 0 Å². The molecule has 0 spiro atoms. The number of hydrogen-bond acceptors (Lipinski definition) is 4. The van der Waals surface area contributed by atoms with Crippen LogP contribution >= 0.6 is 39.5 Å². The Morgan fingerprint density at radius 3 is 2.95 bits per heavy atom. The molecular formula is C14H20BrNOS2. The van der Waals surface area contributed by atoms with Gasteiger partial charge in [0.25, 0.3) is 0 Å². The highest BCUT2D eigenvalue weighted by Crippen LogP contribution is 2.30. The molecule has 0 saturated carbocycles. The average Bonchev–Trinajstić information content (AvgIpc) is 2.47. The molecule has 2 unspecified atom stereocenters. The molecule has 106 valence electrons. The van der Waals surface area contributed by atoms with Crippen LogP contribution in [0.3, 0.4) is 0 Å². The lowest BCUT2D eigenvalue weighted by Crippen LogP contribution is -2.40. The third-order valence-electron chi connectivity index (χ3n) is 3.35. The van der Waals surface area contributed by atoms with Gasteiger partial charge in [-0.2, -0.15) is 23.5 Å². The van der Waals surface area contributed by atoms with Gasteiger partial charge in [0, 0.05) is 33.0 Å². The predicted molar refractivity (Wildman–Crippen MR) is 90.8 cm³/mol. The molecule has 1 N–H and O–H groups in total. The third-order valence-corrected chi connectivity index (χ3v) is 7.05. The van der Waals surface area contributed by atoms with Gasteiger partial charge in [-0.15, -0.1) is 0 Å². The lowest BCUT2D eigenvalue weighted by atomic mass is 10.0. The van der Waals surface area contributed by atoms with Gasteiger partial charge in [-0.1, -0.05) is 15.9 Å². The summed E-state index contributed by atoms with van der Waals surface area (Å²) < 4.78 is 6.49. The lowest BCUT2D eigenvalue weighted by molar-refractivity contribution is 0.413. The van der Waals surface area contributed by atoms with E-state index in [0.29, 0.717) is 11.3 Å². The van der Waals surface area contributed by atoms with E-state index in [1.165, 1.54) is 27.3 Å². The van der Waals surface area contributed by atoms with Crippen molar-refractivity contribution < 1.29 is 4.74 Å². The Kier molecular flexibility index (Phi) is 6.39. The first-order valence-electron chi connectivity index (χ1n) is 6.43. The van der Waals surface area contributed by atoms with Gasteiger partial charge in [0.05, 0.1) is 7.11 Å². The van der Waals surface area contributed by atoms with Gasteiger partial charge in [0.2, 0.25) is 0 Å². The van der Waals surface area contributed by atoms with E-state index >= 15 is 0 Å². The Labute approximate surface area is 132 Å². The van der Waals surface area contributed by atoms with Crippen LogP contribution in [0.15, 0.2) is 22.7 Å². The van der Waals surface area contributed by atoms with Crippen molar-refractivity contribution in [2.24, 2.45) is 0 Å². The molecule has 0 aliphatic carbocycles. The fourth-order valence-corrected chi connectivity index (χ4v) is 5.57. The molecule has 1 aliphatic heterocycles. The first kappa shape index (κ1) is 15.5. The van der Waals surface area contributed by atoms with Crippen LogP contribution in [0, 0.1) is 0 Å². The van der Waals surface area contributed by atoms with Crippen LogP contribution in [0.1, 0.15) is 5.56 Å². The van der Waals surface area contributed by atoms with E-state index < -0.39 is 0 Å². The highest BCUT2D eigenvalue weighted by atomic mass is 79.9. The number of ether oxygens (including phenoxy) is 1. The Morgan fingerprint density at radius 2 is 2.32 bits per heavy atom. The van der Waals surface area contributed by atoms with Gasteiger partial charge >= 0.3 is 0 Å². The number of benzene rings is 1. The predicted octanol–water partition coefficient (Wildman–Crippen LogP) is 3.44. The number of rotatable bonds is 5. The van der Waals surface area contributed by atoms with Crippen molar-refractivity contribution in [3.63, 3.8) is 0 Å². The van der Waals surface area contributed by atoms with E-state index in [1.54, 1.807) is 7.11 Å². The molecule has 19 heavy (non-hydrogen) atoms. The molecule has 1 fully saturated rings. The summed E-state index contributed by atoms with van der Waals surface area (Å²) in [5.74, 6) is 4.74. The van der Waals surface area contributed by atoms with Gasteiger partial charge in [0.1, 0.15) is 5.75 Å². The summed E-state index contributed by atoms with van der Waals surface area (Å²) in [5.41, 5.74) is 1.31. The molecule has 0 amide bonds. The van der Waals surface area contributed by atoms with Crippen LogP contribution in [-0.2, 0) is 6.42 Å². The van der Waals surface area contributed by atoms with Crippen molar-refractivity contribution >= 4 is 39.5 Å². The van der Waals surface area contributed by atoms with Crippen molar-refractivity contribution in [2.75, 3.05) is 31.4 Å². The maximum absolute atomic E-state index is 5.32. The summed E-state index contributed by atoms with van der Waals surface area (Å²) in [5, 5.41) is 4.19. The average molecular weight is 362 g/mol. The van der Waals surface area contributed by atoms with E-state index in [1.807, 2.05) is 6.07 Å².